The van der Waals surface area contributed by atoms with Crippen molar-refractivity contribution in [2.75, 3.05) is 18.1 Å². The van der Waals surface area contributed by atoms with Gasteiger partial charge in [0, 0.05) is 18.2 Å². The van der Waals surface area contributed by atoms with Crippen molar-refractivity contribution in [3.05, 3.63) is 77.9 Å². The molecule has 43 heavy (non-hydrogen) atoms. The van der Waals surface area contributed by atoms with Crippen LogP contribution in [0, 0.1) is 11.8 Å². The number of fused-ring (bicyclic) bond motifs is 1. The molecule has 1 aliphatic carbocycles. The smallest absolute Gasteiger partial charge is 0.408 e. The van der Waals surface area contributed by atoms with Crippen LogP contribution in [0.5, 0.6) is 5.75 Å². The van der Waals surface area contributed by atoms with E-state index in [1.807, 2.05) is 36.4 Å². The van der Waals surface area contributed by atoms with E-state index in [1.165, 1.54) is 11.1 Å². The molecule has 4 rings (SSSR count). The third-order valence-corrected chi connectivity index (χ3v) is 7.18. The van der Waals surface area contributed by atoms with Crippen molar-refractivity contribution in [2.24, 2.45) is 11.8 Å². The largest absolute Gasteiger partial charge is 0.493 e. The van der Waals surface area contributed by atoms with Gasteiger partial charge < -0.3 is 24.4 Å². The van der Waals surface area contributed by atoms with Crippen molar-refractivity contribution in [3.63, 3.8) is 0 Å². The highest BCUT2D eigenvalue weighted by atomic mass is 16.6. The summed E-state index contributed by atoms with van der Waals surface area (Å²) in [5.41, 5.74) is 2.65. The van der Waals surface area contributed by atoms with Crippen molar-refractivity contribution in [3.8, 4) is 5.75 Å². The minimum absolute atomic E-state index is 0.242. The predicted octanol–water partition coefficient (Wildman–Crippen LogP) is 6.49. The molecule has 0 saturated heterocycles. The van der Waals surface area contributed by atoms with Gasteiger partial charge in [0.2, 0.25) is 5.91 Å². The Hall–Kier alpha value is -4.07. The van der Waals surface area contributed by atoms with Crippen LogP contribution in [-0.4, -0.2) is 48.4 Å². The molecule has 0 fully saturated rings. The second-order valence-corrected chi connectivity index (χ2v) is 13.2. The number of allylic oxidation sites excluding steroid dienone is 3. The van der Waals surface area contributed by atoms with Gasteiger partial charge in [0.25, 0.3) is 0 Å². The second kappa shape index (κ2) is 13.1. The molecule has 8 nitrogen and oxygen atoms in total. The van der Waals surface area contributed by atoms with E-state index in [2.05, 4.69) is 42.6 Å². The van der Waals surface area contributed by atoms with E-state index in [9.17, 15) is 14.4 Å². The van der Waals surface area contributed by atoms with Crippen LogP contribution >= 0.6 is 0 Å². The minimum atomic E-state index is -1.14. The van der Waals surface area contributed by atoms with Crippen LogP contribution in [-0.2, 0) is 25.5 Å². The molecule has 1 aliphatic heterocycles. The number of nitrogens with one attached hydrogen (secondary N) is 1. The number of anilines is 1. The zero-order valence-corrected chi connectivity index (χ0v) is 26.3. The summed E-state index contributed by atoms with van der Waals surface area (Å²) in [5, 5.41) is 2.59. The highest BCUT2D eigenvalue weighted by Crippen LogP contribution is 2.33. The zero-order valence-electron chi connectivity index (χ0n) is 26.3. The number of hydrogen-bond donors (Lipinski definition) is 1. The van der Waals surface area contributed by atoms with Gasteiger partial charge in [0.15, 0.2) is 0 Å². The van der Waals surface area contributed by atoms with Crippen LogP contribution < -0.4 is 15.0 Å². The fourth-order valence-electron chi connectivity index (χ4n) is 5.17. The molecule has 8 heteroatoms. The van der Waals surface area contributed by atoms with Crippen LogP contribution in [0.2, 0.25) is 0 Å². The lowest BCUT2D eigenvalue weighted by atomic mass is 9.85. The molecule has 230 valence electrons. The molecule has 3 unspecified atom stereocenters. The second-order valence-electron chi connectivity index (χ2n) is 13.2. The van der Waals surface area contributed by atoms with Crippen LogP contribution in [0.3, 0.4) is 0 Å². The van der Waals surface area contributed by atoms with Crippen molar-refractivity contribution in [2.45, 2.75) is 78.6 Å². The predicted molar refractivity (Wildman–Crippen MR) is 168 cm³/mol. The van der Waals surface area contributed by atoms with E-state index >= 15 is 0 Å². The summed E-state index contributed by atoms with van der Waals surface area (Å²) in [4.78, 5) is 40.5. The normalized spacial score (nSPS) is 18.8. The van der Waals surface area contributed by atoms with Gasteiger partial charge in [-0.2, -0.15) is 0 Å². The molecule has 2 amide bonds. The number of amides is 2. The van der Waals surface area contributed by atoms with Crippen molar-refractivity contribution >= 4 is 29.2 Å². The van der Waals surface area contributed by atoms with Gasteiger partial charge in [0.1, 0.15) is 23.0 Å². The summed E-state index contributed by atoms with van der Waals surface area (Å²) in [7, 11) is 0. The van der Waals surface area contributed by atoms with Crippen LogP contribution in [0.4, 0.5) is 10.5 Å². The molecule has 0 radical (unpaired) electrons. The van der Waals surface area contributed by atoms with Crippen molar-refractivity contribution in [1.29, 1.82) is 0 Å². The number of benzene rings is 2. The monoisotopic (exact) mass is 588 g/mol. The summed E-state index contributed by atoms with van der Waals surface area (Å²) < 4.78 is 17.0. The number of nitrogens with zero attached hydrogens (tertiary/aromatic N) is 1. The van der Waals surface area contributed by atoms with E-state index in [0.29, 0.717) is 25.5 Å². The zero-order chi connectivity index (χ0) is 31.4. The summed E-state index contributed by atoms with van der Waals surface area (Å²) in [5.74, 6) is 0.324. The molecule has 1 N–H and O–H groups in total. The number of ether oxygens (including phenoxy) is 3. The van der Waals surface area contributed by atoms with Gasteiger partial charge >= 0.3 is 12.1 Å². The SMILES string of the molecule is CC1C=C(c2ccccc2)C=CC1COc1ccc2c(c1)CCN2C(=O)C(CC(=O)OC(C)(C)C)NC(=O)OC(C)(C)C. The number of rotatable bonds is 8. The Labute approximate surface area is 255 Å². The fraction of sp³-hybridized carbons (Fsp3) is 0.457. The Balaban J connectivity index is 1.41. The first-order valence-corrected chi connectivity index (χ1v) is 14.9. The first kappa shape index (κ1) is 31.9. The maximum absolute atomic E-state index is 13.7. The summed E-state index contributed by atoms with van der Waals surface area (Å²) in [6, 6.07) is 14.9. The number of alkyl carbamates (subject to hydrolysis) is 1. The molecule has 0 aromatic heterocycles. The maximum Gasteiger partial charge on any atom is 0.408 e. The Kier molecular flexibility index (Phi) is 9.68. The Morgan fingerprint density at radius 1 is 0.977 bits per heavy atom. The summed E-state index contributed by atoms with van der Waals surface area (Å²) in [6.45, 7) is 13.6. The van der Waals surface area contributed by atoms with Gasteiger partial charge in [-0.15, -0.1) is 0 Å². The van der Waals surface area contributed by atoms with E-state index in [1.54, 1.807) is 46.4 Å². The number of carbonyl (C=O) groups excluding carboxylic acids is 3. The first-order valence-electron chi connectivity index (χ1n) is 14.9. The van der Waals surface area contributed by atoms with Crippen LogP contribution in [0.15, 0.2) is 66.8 Å². The average molecular weight is 589 g/mol. The third-order valence-electron chi connectivity index (χ3n) is 7.18. The lowest BCUT2D eigenvalue weighted by molar-refractivity contribution is -0.156. The number of esters is 1. The first-order chi connectivity index (χ1) is 20.2. The van der Waals surface area contributed by atoms with Gasteiger partial charge in [-0.25, -0.2) is 4.79 Å². The maximum atomic E-state index is 13.7. The average Bonchev–Trinajstić information content (AvgIpc) is 3.33. The molecular weight excluding hydrogens is 544 g/mol. The van der Waals surface area contributed by atoms with Crippen molar-refractivity contribution in [1.82, 2.24) is 5.32 Å². The van der Waals surface area contributed by atoms with Gasteiger partial charge in [-0.3, -0.25) is 9.59 Å². The van der Waals surface area contributed by atoms with Gasteiger partial charge in [-0.05, 0) is 88.8 Å². The topological polar surface area (TPSA) is 94.2 Å². The minimum Gasteiger partial charge on any atom is -0.493 e. The molecule has 1 heterocycles. The summed E-state index contributed by atoms with van der Waals surface area (Å²) in [6.07, 6.45) is 6.21. The molecule has 2 aliphatic rings. The van der Waals surface area contributed by atoms with Crippen LogP contribution in [0.25, 0.3) is 5.57 Å². The van der Waals surface area contributed by atoms with E-state index in [4.69, 9.17) is 14.2 Å². The molecule has 0 saturated carbocycles. The molecule has 2 aromatic carbocycles. The van der Waals surface area contributed by atoms with Gasteiger partial charge in [0.05, 0.1) is 13.0 Å². The molecule has 0 spiro atoms. The molecule has 0 bridgehead atoms. The van der Waals surface area contributed by atoms with Gasteiger partial charge in [-0.1, -0.05) is 55.5 Å². The van der Waals surface area contributed by atoms with Crippen LogP contribution in [0.1, 0.15) is 66.0 Å². The Morgan fingerprint density at radius 3 is 2.33 bits per heavy atom. The lowest BCUT2D eigenvalue weighted by Gasteiger charge is -2.27. The quantitative estimate of drug-likeness (QED) is 0.355. The molecule has 3 atom stereocenters. The van der Waals surface area contributed by atoms with E-state index in [0.717, 1.165) is 17.0 Å². The third kappa shape index (κ3) is 8.96. The van der Waals surface area contributed by atoms with Crippen molar-refractivity contribution < 1.29 is 28.6 Å². The Morgan fingerprint density at radius 2 is 1.67 bits per heavy atom. The standard InChI is InChI=1S/C35H44N2O6/c1-23-19-25(24-11-9-8-10-12-24)13-14-27(23)22-41-28-15-16-30-26(20-28)17-18-37(30)32(39)29(21-31(38)42-34(2,3)4)36-33(40)43-35(5,6)7/h8-16,19-20,23,27,29H,17-18,21-22H2,1-7H3,(H,36,40). The van der Waals surface area contributed by atoms with E-state index in [-0.39, 0.29) is 12.3 Å². The van der Waals surface area contributed by atoms with E-state index < -0.39 is 35.2 Å². The fourth-order valence-corrected chi connectivity index (χ4v) is 5.17. The molecular formula is C35H44N2O6. The lowest BCUT2D eigenvalue weighted by Crippen LogP contribution is -2.50. The number of carbonyl (C=O) groups is 3. The Bertz CT molecular complexity index is 1350. The molecule has 2 aromatic rings. The summed E-state index contributed by atoms with van der Waals surface area (Å²) >= 11 is 0. The highest BCUT2D eigenvalue weighted by Gasteiger charge is 2.35. The highest BCUT2D eigenvalue weighted by molar-refractivity contribution is 6.02. The number of hydrogen-bond acceptors (Lipinski definition) is 6.